The van der Waals surface area contributed by atoms with E-state index in [2.05, 4.69) is 46.7 Å². The molecule has 0 aromatic heterocycles. The van der Waals surface area contributed by atoms with E-state index in [-0.39, 0.29) is 0 Å². The molecule has 0 unspecified atom stereocenters. The van der Waals surface area contributed by atoms with E-state index in [1.54, 1.807) is 0 Å². The molecule has 2 fully saturated rings. The van der Waals surface area contributed by atoms with E-state index in [1.165, 1.54) is 19.3 Å². The second-order valence-corrected chi connectivity index (χ2v) is 7.31. The molecule has 0 heterocycles. The van der Waals surface area contributed by atoms with Gasteiger partial charge in [0.15, 0.2) is 0 Å². The Bertz CT molecular complexity index is 287. The summed E-state index contributed by atoms with van der Waals surface area (Å²) in [6, 6.07) is 0. The fourth-order valence-electron chi connectivity index (χ4n) is 4.17. The average Bonchev–Trinajstić information content (AvgIpc) is 2.49. The molecule has 2 aliphatic carbocycles. The van der Waals surface area contributed by atoms with Crippen LogP contribution in [0.3, 0.4) is 0 Å². The van der Waals surface area contributed by atoms with Crippen molar-refractivity contribution in [2.24, 2.45) is 16.7 Å². The molecule has 2 heteroatoms. The summed E-state index contributed by atoms with van der Waals surface area (Å²) in [7, 11) is 4.23. The zero-order chi connectivity index (χ0) is 12.8. The fourth-order valence-corrected chi connectivity index (χ4v) is 4.17. The van der Waals surface area contributed by atoms with Crippen molar-refractivity contribution in [3.63, 3.8) is 0 Å². The van der Waals surface area contributed by atoms with Crippen LogP contribution in [0.2, 0.25) is 0 Å². The van der Waals surface area contributed by atoms with Gasteiger partial charge in [-0.3, -0.25) is 0 Å². The van der Waals surface area contributed by atoms with Crippen LogP contribution in [-0.4, -0.2) is 37.7 Å². The van der Waals surface area contributed by atoms with Crippen molar-refractivity contribution in [2.75, 3.05) is 20.6 Å². The highest BCUT2D eigenvalue weighted by atomic mass is 16.5. The monoisotopic (exact) mass is 239 g/mol. The van der Waals surface area contributed by atoms with E-state index in [9.17, 15) is 0 Å². The highest BCUT2D eigenvalue weighted by Gasteiger charge is 2.62. The third-order valence-electron chi connectivity index (χ3n) is 5.73. The molecule has 0 spiro atoms. The number of likely N-dealkylation sites (N-methyl/N-ethyl adjacent to an activating group) is 1. The van der Waals surface area contributed by atoms with Gasteiger partial charge in [-0.15, -0.1) is 0 Å². The lowest BCUT2D eigenvalue weighted by Gasteiger charge is -2.40. The molecule has 2 rings (SSSR count). The fraction of sp³-hybridized carbons (Fsp3) is 1.00. The van der Waals surface area contributed by atoms with Crippen molar-refractivity contribution < 1.29 is 4.74 Å². The van der Waals surface area contributed by atoms with Crippen molar-refractivity contribution in [3.05, 3.63) is 0 Å². The summed E-state index contributed by atoms with van der Waals surface area (Å²) < 4.78 is 6.35. The highest BCUT2D eigenvalue weighted by Crippen LogP contribution is 2.66. The van der Waals surface area contributed by atoms with Gasteiger partial charge in [-0.25, -0.2) is 0 Å². The lowest BCUT2D eigenvalue weighted by molar-refractivity contribution is -0.0852. The Morgan fingerprint density at radius 3 is 2.35 bits per heavy atom. The van der Waals surface area contributed by atoms with Crippen LogP contribution in [0.5, 0.6) is 0 Å². The van der Waals surface area contributed by atoms with E-state index in [1.807, 2.05) is 0 Å². The second kappa shape index (κ2) is 4.24. The molecule has 0 aromatic rings. The van der Waals surface area contributed by atoms with E-state index in [0.29, 0.717) is 23.0 Å². The Kier molecular flexibility index (Phi) is 3.33. The van der Waals surface area contributed by atoms with Gasteiger partial charge < -0.3 is 9.64 Å². The van der Waals surface area contributed by atoms with E-state index >= 15 is 0 Å². The third-order valence-corrected chi connectivity index (χ3v) is 5.73. The standard InChI is InChI=1S/C15H29NO/c1-11(10-16(5)6)17-13-9-12-7-8-15(13,4)14(12,2)3/h11-13H,7-10H2,1-6H3/t11-,12+,13-,15+/m1/s1. The number of hydrogen-bond donors (Lipinski definition) is 0. The molecule has 2 bridgehead atoms. The Hall–Kier alpha value is -0.0800. The first-order valence-corrected chi connectivity index (χ1v) is 7.07. The van der Waals surface area contributed by atoms with Gasteiger partial charge in [-0.2, -0.15) is 0 Å². The molecule has 0 N–H and O–H groups in total. The van der Waals surface area contributed by atoms with Gasteiger partial charge in [-0.1, -0.05) is 20.8 Å². The number of hydrogen-bond acceptors (Lipinski definition) is 2. The molecule has 100 valence electrons. The molecule has 2 nitrogen and oxygen atoms in total. The smallest absolute Gasteiger partial charge is 0.0677 e. The first kappa shape index (κ1) is 13.4. The molecule has 2 aliphatic rings. The minimum atomic E-state index is 0.349. The lowest BCUT2D eigenvalue weighted by atomic mass is 9.70. The molecular formula is C15H29NO. The predicted molar refractivity (Wildman–Crippen MR) is 72.1 cm³/mol. The van der Waals surface area contributed by atoms with Gasteiger partial charge in [0.25, 0.3) is 0 Å². The van der Waals surface area contributed by atoms with Gasteiger partial charge in [0.1, 0.15) is 0 Å². The van der Waals surface area contributed by atoms with E-state index < -0.39 is 0 Å². The number of fused-ring (bicyclic) bond motifs is 2. The van der Waals surface area contributed by atoms with Gasteiger partial charge in [0.05, 0.1) is 12.2 Å². The topological polar surface area (TPSA) is 12.5 Å². The minimum absolute atomic E-state index is 0.349. The predicted octanol–water partition coefficient (Wildman–Crippen LogP) is 3.17. The molecule has 4 atom stereocenters. The zero-order valence-corrected chi connectivity index (χ0v) is 12.4. The second-order valence-electron chi connectivity index (χ2n) is 7.31. The molecule has 0 amide bonds. The Morgan fingerprint density at radius 2 is 1.94 bits per heavy atom. The van der Waals surface area contributed by atoms with Crippen molar-refractivity contribution in [2.45, 2.75) is 59.2 Å². The summed E-state index contributed by atoms with van der Waals surface area (Å²) in [4.78, 5) is 2.21. The highest BCUT2D eigenvalue weighted by molar-refractivity contribution is 5.11. The third kappa shape index (κ3) is 2.04. The average molecular weight is 239 g/mol. The van der Waals surface area contributed by atoms with Crippen LogP contribution in [0.25, 0.3) is 0 Å². The number of rotatable bonds is 4. The number of nitrogens with zero attached hydrogens (tertiary/aromatic N) is 1. The van der Waals surface area contributed by atoms with Gasteiger partial charge in [-0.05, 0) is 57.0 Å². The maximum Gasteiger partial charge on any atom is 0.0677 e. The molecule has 0 aliphatic heterocycles. The van der Waals surface area contributed by atoms with E-state index in [0.717, 1.165) is 12.5 Å². The summed E-state index contributed by atoms with van der Waals surface area (Å²) in [5, 5.41) is 0. The van der Waals surface area contributed by atoms with Crippen LogP contribution < -0.4 is 0 Å². The van der Waals surface area contributed by atoms with Crippen LogP contribution in [0, 0.1) is 16.7 Å². The molecule has 0 saturated heterocycles. The van der Waals surface area contributed by atoms with E-state index in [4.69, 9.17) is 4.74 Å². The zero-order valence-electron chi connectivity index (χ0n) is 12.4. The van der Waals surface area contributed by atoms with Gasteiger partial charge in [0, 0.05) is 6.54 Å². The largest absolute Gasteiger partial charge is 0.373 e. The quantitative estimate of drug-likeness (QED) is 0.747. The summed E-state index contributed by atoms with van der Waals surface area (Å²) in [5.41, 5.74) is 0.869. The molecule has 0 aromatic carbocycles. The first-order chi connectivity index (χ1) is 7.77. The van der Waals surface area contributed by atoms with Crippen LogP contribution in [0.15, 0.2) is 0 Å². The van der Waals surface area contributed by atoms with Crippen molar-refractivity contribution >= 4 is 0 Å². The minimum Gasteiger partial charge on any atom is -0.373 e. The van der Waals surface area contributed by atoms with Gasteiger partial charge in [0.2, 0.25) is 0 Å². The summed E-state index contributed by atoms with van der Waals surface area (Å²) in [5.74, 6) is 0.879. The van der Waals surface area contributed by atoms with Crippen LogP contribution in [0.4, 0.5) is 0 Å². The van der Waals surface area contributed by atoms with Crippen LogP contribution in [0.1, 0.15) is 47.0 Å². The van der Waals surface area contributed by atoms with Crippen molar-refractivity contribution in [1.82, 2.24) is 4.90 Å². The molecule has 0 radical (unpaired) electrons. The van der Waals surface area contributed by atoms with Crippen molar-refractivity contribution in [1.29, 1.82) is 0 Å². The first-order valence-electron chi connectivity index (χ1n) is 7.07. The molecule has 2 saturated carbocycles. The van der Waals surface area contributed by atoms with Crippen molar-refractivity contribution in [3.8, 4) is 0 Å². The summed E-state index contributed by atoms with van der Waals surface area (Å²) in [6.07, 6.45) is 4.87. The van der Waals surface area contributed by atoms with Gasteiger partial charge >= 0.3 is 0 Å². The van der Waals surface area contributed by atoms with Crippen LogP contribution >= 0.6 is 0 Å². The number of ether oxygens (including phenoxy) is 1. The van der Waals surface area contributed by atoms with Crippen LogP contribution in [-0.2, 0) is 4.74 Å². The lowest BCUT2D eigenvalue weighted by Crippen LogP contribution is -2.40. The normalized spacial score (nSPS) is 41.1. The molecule has 17 heavy (non-hydrogen) atoms. The summed E-state index contributed by atoms with van der Waals surface area (Å²) >= 11 is 0. The maximum absolute atomic E-state index is 6.35. The Morgan fingerprint density at radius 1 is 1.29 bits per heavy atom. The Labute approximate surface area is 107 Å². The maximum atomic E-state index is 6.35. The molecular weight excluding hydrogens is 210 g/mol. The SMILES string of the molecule is C[C@H](CN(C)C)O[C@@H]1C[C@@H]2CC[C@]1(C)C2(C)C. The summed E-state index contributed by atoms with van der Waals surface area (Å²) in [6.45, 7) is 10.6. The Balaban J connectivity index is 2.01.